The standard InChI is InChI=1S/C19H26ClNO2/c1-13-8-14(2)10-15(9-13)4-3-7-21-12-17-6-5-16(19(22)23)11-18(17)20/h5-6,11,14-15,21H,1,3-4,7-10,12H2,2H3,(H,22,23). The monoisotopic (exact) mass is 335 g/mol. The van der Waals surface area contributed by atoms with E-state index in [1.165, 1.54) is 37.3 Å². The van der Waals surface area contributed by atoms with Gasteiger partial charge in [-0.15, -0.1) is 0 Å². The van der Waals surface area contributed by atoms with E-state index in [1.807, 2.05) is 0 Å². The molecule has 0 aliphatic heterocycles. The minimum Gasteiger partial charge on any atom is -0.478 e. The molecule has 1 aliphatic rings. The zero-order valence-corrected chi connectivity index (χ0v) is 14.5. The molecule has 0 bridgehead atoms. The Labute approximate surface area is 143 Å². The number of allylic oxidation sites excluding steroid dienone is 1. The first-order chi connectivity index (χ1) is 11.0. The van der Waals surface area contributed by atoms with Gasteiger partial charge in [-0.3, -0.25) is 0 Å². The Morgan fingerprint density at radius 1 is 1.43 bits per heavy atom. The van der Waals surface area contributed by atoms with Crippen molar-refractivity contribution >= 4 is 17.6 Å². The number of carboxylic acids is 1. The van der Waals surface area contributed by atoms with Gasteiger partial charge in [0.1, 0.15) is 0 Å². The van der Waals surface area contributed by atoms with Crippen molar-refractivity contribution in [1.82, 2.24) is 5.32 Å². The van der Waals surface area contributed by atoms with Gasteiger partial charge in [0.15, 0.2) is 0 Å². The molecule has 0 radical (unpaired) electrons. The molecule has 0 heterocycles. The van der Waals surface area contributed by atoms with Crippen LogP contribution in [0, 0.1) is 11.8 Å². The zero-order valence-electron chi connectivity index (χ0n) is 13.8. The molecular formula is C19H26ClNO2. The number of rotatable bonds is 7. The van der Waals surface area contributed by atoms with Crippen molar-refractivity contribution in [1.29, 1.82) is 0 Å². The van der Waals surface area contributed by atoms with Gasteiger partial charge in [-0.2, -0.15) is 0 Å². The van der Waals surface area contributed by atoms with Gasteiger partial charge >= 0.3 is 5.97 Å². The Kier molecular flexibility index (Phi) is 6.67. The van der Waals surface area contributed by atoms with Gasteiger partial charge in [0.2, 0.25) is 0 Å². The second-order valence-electron chi connectivity index (χ2n) is 6.80. The van der Waals surface area contributed by atoms with E-state index in [2.05, 4.69) is 18.8 Å². The quantitative estimate of drug-likeness (QED) is 0.550. The largest absolute Gasteiger partial charge is 0.478 e. The van der Waals surface area contributed by atoms with Gasteiger partial charge in [0.25, 0.3) is 0 Å². The van der Waals surface area contributed by atoms with Gasteiger partial charge in [-0.25, -0.2) is 4.79 Å². The average Bonchev–Trinajstić information content (AvgIpc) is 2.47. The molecule has 1 aromatic rings. The molecule has 2 rings (SSSR count). The average molecular weight is 336 g/mol. The van der Waals surface area contributed by atoms with Crippen LogP contribution in [0.1, 0.15) is 54.9 Å². The highest BCUT2D eigenvalue weighted by Crippen LogP contribution is 2.34. The van der Waals surface area contributed by atoms with Crippen molar-refractivity contribution in [2.24, 2.45) is 11.8 Å². The Morgan fingerprint density at radius 3 is 2.87 bits per heavy atom. The fourth-order valence-corrected chi connectivity index (χ4v) is 3.75. The molecule has 4 heteroatoms. The third-order valence-corrected chi connectivity index (χ3v) is 4.88. The topological polar surface area (TPSA) is 49.3 Å². The van der Waals surface area contributed by atoms with Crippen LogP contribution in [0.2, 0.25) is 5.02 Å². The van der Waals surface area contributed by atoms with Crippen molar-refractivity contribution in [2.75, 3.05) is 6.54 Å². The first-order valence-electron chi connectivity index (χ1n) is 8.34. The summed E-state index contributed by atoms with van der Waals surface area (Å²) in [5.74, 6) is 0.613. The second kappa shape index (κ2) is 8.51. The fraction of sp³-hybridized carbons (Fsp3) is 0.526. The van der Waals surface area contributed by atoms with E-state index < -0.39 is 5.97 Å². The van der Waals surface area contributed by atoms with Crippen LogP contribution in [0.25, 0.3) is 0 Å². The maximum atomic E-state index is 10.9. The highest BCUT2D eigenvalue weighted by Gasteiger charge is 2.20. The summed E-state index contributed by atoms with van der Waals surface area (Å²) in [5.41, 5.74) is 2.58. The molecule has 23 heavy (non-hydrogen) atoms. The van der Waals surface area contributed by atoms with Gasteiger partial charge in [-0.05, 0) is 68.2 Å². The van der Waals surface area contributed by atoms with Crippen molar-refractivity contribution in [2.45, 2.75) is 45.6 Å². The lowest BCUT2D eigenvalue weighted by atomic mass is 9.78. The van der Waals surface area contributed by atoms with E-state index in [4.69, 9.17) is 16.7 Å². The predicted molar refractivity (Wildman–Crippen MR) is 95.0 cm³/mol. The van der Waals surface area contributed by atoms with E-state index in [0.29, 0.717) is 11.6 Å². The summed E-state index contributed by atoms with van der Waals surface area (Å²) in [6.45, 7) is 8.10. The van der Waals surface area contributed by atoms with Crippen LogP contribution in [-0.2, 0) is 6.54 Å². The Balaban J connectivity index is 1.69. The molecule has 0 saturated heterocycles. The van der Waals surface area contributed by atoms with Crippen LogP contribution in [0.15, 0.2) is 30.4 Å². The van der Waals surface area contributed by atoms with Crippen LogP contribution in [-0.4, -0.2) is 17.6 Å². The maximum Gasteiger partial charge on any atom is 0.335 e. The highest BCUT2D eigenvalue weighted by molar-refractivity contribution is 6.31. The predicted octanol–water partition coefficient (Wildman–Crippen LogP) is 4.90. The minimum atomic E-state index is -0.949. The summed E-state index contributed by atoms with van der Waals surface area (Å²) in [7, 11) is 0. The molecule has 2 unspecified atom stereocenters. The summed E-state index contributed by atoms with van der Waals surface area (Å²) in [6.07, 6.45) is 6.09. The number of nitrogens with one attached hydrogen (secondary N) is 1. The lowest BCUT2D eigenvalue weighted by Crippen LogP contribution is -2.19. The van der Waals surface area contributed by atoms with Crippen LogP contribution >= 0.6 is 11.6 Å². The molecule has 0 aromatic heterocycles. The minimum absolute atomic E-state index is 0.227. The number of benzene rings is 1. The fourth-order valence-electron chi connectivity index (χ4n) is 3.50. The van der Waals surface area contributed by atoms with Gasteiger partial charge < -0.3 is 10.4 Å². The second-order valence-corrected chi connectivity index (χ2v) is 7.20. The van der Waals surface area contributed by atoms with Gasteiger partial charge in [0.05, 0.1) is 5.56 Å². The summed E-state index contributed by atoms with van der Waals surface area (Å²) in [5, 5.41) is 12.8. The molecule has 1 aromatic carbocycles. The number of carbonyl (C=O) groups is 1. The van der Waals surface area contributed by atoms with Crippen molar-refractivity contribution in [3.05, 3.63) is 46.5 Å². The molecule has 1 aliphatic carbocycles. The number of carboxylic acid groups (broad SMARTS) is 1. The molecule has 2 atom stereocenters. The third kappa shape index (κ3) is 5.67. The number of aromatic carboxylic acids is 1. The third-order valence-electron chi connectivity index (χ3n) is 4.53. The van der Waals surface area contributed by atoms with Crippen LogP contribution < -0.4 is 5.32 Å². The van der Waals surface area contributed by atoms with E-state index in [1.54, 1.807) is 12.1 Å². The van der Waals surface area contributed by atoms with E-state index in [9.17, 15) is 4.79 Å². The molecule has 0 amide bonds. The Bertz CT molecular complexity index is 570. The number of hydrogen-bond acceptors (Lipinski definition) is 2. The van der Waals surface area contributed by atoms with Crippen molar-refractivity contribution < 1.29 is 9.90 Å². The van der Waals surface area contributed by atoms with Gasteiger partial charge in [0, 0.05) is 11.6 Å². The molecule has 126 valence electrons. The summed E-state index contributed by atoms with van der Waals surface area (Å²) in [6, 6.07) is 4.89. The molecular weight excluding hydrogens is 310 g/mol. The summed E-state index contributed by atoms with van der Waals surface area (Å²) < 4.78 is 0. The molecule has 3 nitrogen and oxygen atoms in total. The number of halogens is 1. The Morgan fingerprint density at radius 2 is 2.22 bits per heavy atom. The molecule has 2 N–H and O–H groups in total. The molecule has 0 spiro atoms. The van der Waals surface area contributed by atoms with E-state index in [-0.39, 0.29) is 5.56 Å². The Hall–Kier alpha value is -1.32. The van der Waals surface area contributed by atoms with Crippen LogP contribution in [0.5, 0.6) is 0 Å². The molecule has 1 saturated carbocycles. The lowest BCUT2D eigenvalue weighted by molar-refractivity contribution is 0.0697. The zero-order chi connectivity index (χ0) is 16.8. The normalized spacial score (nSPS) is 21.4. The van der Waals surface area contributed by atoms with Crippen LogP contribution in [0.4, 0.5) is 0 Å². The first kappa shape index (κ1) is 18.0. The SMILES string of the molecule is C=C1CC(C)CC(CCCNCc2ccc(C(=O)O)cc2Cl)C1. The van der Waals surface area contributed by atoms with E-state index >= 15 is 0 Å². The smallest absolute Gasteiger partial charge is 0.335 e. The maximum absolute atomic E-state index is 10.9. The molecule has 1 fully saturated rings. The summed E-state index contributed by atoms with van der Waals surface area (Å²) >= 11 is 6.13. The van der Waals surface area contributed by atoms with Crippen molar-refractivity contribution in [3.8, 4) is 0 Å². The summed E-state index contributed by atoms with van der Waals surface area (Å²) in [4.78, 5) is 10.9. The first-order valence-corrected chi connectivity index (χ1v) is 8.72. The van der Waals surface area contributed by atoms with Crippen molar-refractivity contribution in [3.63, 3.8) is 0 Å². The van der Waals surface area contributed by atoms with Gasteiger partial charge in [-0.1, -0.05) is 36.7 Å². The number of hydrogen-bond donors (Lipinski definition) is 2. The van der Waals surface area contributed by atoms with E-state index in [0.717, 1.165) is 30.4 Å². The lowest BCUT2D eigenvalue weighted by Gasteiger charge is -2.28. The highest BCUT2D eigenvalue weighted by atomic mass is 35.5. The van der Waals surface area contributed by atoms with Crippen LogP contribution in [0.3, 0.4) is 0 Å².